The molecule has 1 heterocycles. The Balaban J connectivity index is 1.88. The van der Waals surface area contributed by atoms with Crippen molar-refractivity contribution in [2.75, 3.05) is 12.3 Å². The van der Waals surface area contributed by atoms with Gasteiger partial charge in [0.25, 0.3) is 0 Å². The molecule has 1 fully saturated rings. The van der Waals surface area contributed by atoms with Crippen molar-refractivity contribution < 1.29 is 4.74 Å². The van der Waals surface area contributed by atoms with E-state index in [1.807, 2.05) is 0 Å². The van der Waals surface area contributed by atoms with Gasteiger partial charge >= 0.3 is 6.01 Å². The number of rotatable bonds is 3. The van der Waals surface area contributed by atoms with E-state index >= 15 is 0 Å². The zero-order chi connectivity index (χ0) is 12.3. The summed E-state index contributed by atoms with van der Waals surface area (Å²) in [5, 5.41) is 0.0736. The largest absolute Gasteiger partial charge is 0.463 e. The lowest BCUT2D eigenvalue weighted by Gasteiger charge is -2.26. The Hall–Kier alpha value is -1.10. The summed E-state index contributed by atoms with van der Waals surface area (Å²) in [5.74, 6) is 1.46. The van der Waals surface area contributed by atoms with Crippen LogP contribution in [-0.4, -0.2) is 21.6 Å². The lowest BCUT2D eigenvalue weighted by Crippen LogP contribution is -2.20. The molecule has 2 unspecified atom stereocenters. The molecular weight excluding hydrogens is 240 g/mol. The molecule has 0 aliphatic heterocycles. The summed E-state index contributed by atoms with van der Waals surface area (Å²) in [5.41, 5.74) is 5.46. The molecule has 1 saturated carbocycles. The molecule has 2 rings (SSSR count). The van der Waals surface area contributed by atoms with Crippen molar-refractivity contribution in [3.63, 3.8) is 0 Å². The van der Waals surface area contributed by atoms with Gasteiger partial charge in [-0.05, 0) is 36.3 Å². The number of nitrogens with zero attached hydrogens (tertiary/aromatic N) is 3. The third kappa shape index (κ3) is 3.70. The number of anilines is 1. The Morgan fingerprint density at radius 2 is 2.18 bits per heavy atom. The van der Waals surface area contributed by atoms with Gasteiger partial charge in [0, 0.05) is 0 Å². The number of nitrogens with two attached hydrogens (primary N) is 1. The molecule has 6 heteroatoms. The second-order valence-corrected chi connectivity index (χ2v) is 5.03. The van der Waals surface area contributed by atoms with Gasteiger partial charge in [0.1, 0.15) is 0 Å². The first kappa shape index (κ1) is 12.4. The van der Waals surface area contributed by atoms with Gasteiger partial charge in [0.2, 0.25) is 11.2 Å². The van der Waals surface area contributed by atoms with Crippen LogP contribution in [0.1, 0.15) is 32.6 Å². The standard InChI is InChI=1S/C11H17ClN4O/c1-7-3-2-4-8(5-7)6-17-11-15-9(12)14-10(13)16-11/h7-8H,2-6H2,1H3,(H2,13,14,15,16). The molecule has 0 saturated heterocycles. The van der Waals surface area contributed by atoms with Gasteiger partial charge < -0.3 is 10.5 Å². The van der Waals surface area contributed by atoms with Crippen molar-refractivity contribution >= 4 is 17.5 Å². The fraction of sp³-hybridized carbons (Fsp3) is 0.727. The summed E-state index contributed by atoms with van der Waals surface area (Å²) in [6, 6.07) is 0.223. The van der Waals surface area contributed by atoms with Crippen LogP contribution in [0, 0.1) is 11.8 Å². The third-order valence-electron chi connectivity index (χ3n) is 3.10. The predicted molar refractivity (Wildman–Crippen MR) is 65.9 cm³/mol. The average molecular weight is 257 g/mol. The minimum atomic E-state index is 0.0736. The molecule has 1 aromatic heterocycles. The van der Waals surface area contributed by atoms with Crippen LogP contribution < -0.4 is 10.5 Å². The van der Waals surface area contributed by atoms with Crippen molar-refractivity contribution in [1.82, 2.24) is 15.0 Å². The molecule has 0 bridgehead atoms. The number of aromatic nitrogens is 3. The molecule has 17 heavy (non-hydrogen) atoms. The summed E-state index contributed by atoms with van der Waals surface area (Å²) >= 11 is 5.67. The maximum Gasteiger partial charge on any atom is 0.322 e. The second-order valence-electron chi connectivity index (χ2n) is 4.69. The predicted octanol–water partition coefficient (Wildman–Crippen LogP) is 2.31. The van der Waals surface area contributed by atoms with E-state index in [2.05, 4.69) is 21.9 Å². The van der Waals surface area contributed by atoms with Crippen LogP contribution in [-0.2, 0) is 0 Å². The van der Waals surface area contributed by atoms with Crippen molar-refractivity contribution in [3.8, 4) is 6.01 Å². The van der Waals surface area contributed by atoms with Crippen LogP contribution in [0.2, 0.25) is 5.28 Å². The third-order valence-corrected chi connectivity index (χ3v) is 3.27. The molecule has 0 aromatic carbocycles. The van der Waals surface area contributed by atoms with E-state index in [9.17, 15) is 0 Å². The van der Waals surface area contributed by atoms with Crippen LogP contribution in [0.5, 0.6) is 6.01 Å². The van der Waals surface area contributed by atoms with Crippen LogP contribution in [0.4, 0.5) is 5.95 Å². The highest BCUT2D eigenvalue weighted by Crippen LogP contribution is 2.28. The molecule has 1 aliphatic carbocycles. The molecule has 2 N–H and O–H groups in total. The molecule has 0 spiro atoms. The normalized spacial score (nSPS) is 24.6. The van der Waals surface area contributed by atoms with Crippen molar-refractivity contribution in [2.24, 2.45) is 11.8 Å². The molecule has 1 aliphatic rings. The first-order valence-corrected chi connectivity index (χ1v) is 6.31. The Bertz CT molecular complexity index is 367. The van der Waals surface area contributed by atoms with E-state index in [-0.39, 0.29) is 17.2 Å². The number of nitrogen functional groups attached to an aromatic ring is 1. The first-order valence-electron chi connectivity index (χ1n) is 5.93. The van der Waals surface area contributed by atoms with Crippen LogP contribution in [0.25, 0.3) is 0 Å². The number of hydrogen-bond donors (Lipinski definition) is 1. The van der Waals surface area contributed by atoms with Gasteiger partial charge in [-0.2, -0.15) is 15.0 Å². The van der Waals surface area contributed by atoms with E-state index in [4.69, 9.17) is 22.1 Å². The average Bonchev–Trinajstić information content (AvgIpc) is 2.25. The highest BCUT2D eigenvalue weighted by Gasteiger charge is 2.19. The van der Waals surface area contributed by atoms with Crippen molar-refractivity contribution in [2.45, 2.75) is 32.6 Å². The van der Waals surface area contributed by atoms with Gasteiger partial charge in [-0.25, -0.2) is 0 Å². The van der Waals surface area contributed by atoms with Crippen molar-refractivity contribution in [1.29, 1.82) is 0 Å². The fourth-order valence-electron chi connectivity index (χ4n) is 2.31. The van der Waals surface area contributed by atoms with Gasteiger partial charge in [-0.1, -0.05) is 19.8 Å². The maximum absolute atomic E-state index is 5.67. The summed E-state index contributed by atoms with van der Waals surface area (Å²) in [7, 11) is 0. The Morgan fingerprint density at radius 3 is 2.88 bits per heavy atom. The van der Waals surface area contributed by atoms with Gasteiger partial charge in [0.05, 0.1) is 6.61 Å². The van der Waals surface area contributed by atoms with E-state index in [0.29, 0.717) is 12.5 Å². The highest BCUT2D eigenvalue weighted by atomic mass is 35.5. The van der Waals surface area contributed by atoms with Crippen LogP contribution in [0.3, 0.4) is 0 Å². The van der Waals surface area contributed by atoms with E-state index in [1.54, 1.807) is 0 Å². The van der Waals surface area contributed by atoms with E-state index in [1.165, 1.54) is 25.7 Å². The van der Waals surface area contributed by atoms with E-state index in [0.717, 1.165) is 5.92 Å². The monoisotopic (exact) mass is 256 g/mol. The SMILES string of the molecule is CC1CCCC(COc2nc(N)nc(Cl)n2)C1. The quantitative estimate of drug-likeness (QED) is 0.898. The smallest absolute Gasteiger partial charge is 0.322 e. The molecule has 0 amide bonds. The molecule has 94 valence electrons. The molecular formula is C11H17ClN4O. The molecule has 1 aromatic rings. The zero-order valence-electron chi connectivity index (χ0n) is 9.90. The lowest BCUT2D eigenvalue weighted by molar-refractivity contribution is 0.172. The maximum atomic E-state index is 5.67. The Kier molecular flexibility index (Phi) is 3.99. The molecule has 0 radical (unpaired) electrons. The topological polar surface area (TPSA) is 73.9 Å². The number of hydrogen-bond acceptors (Lipinski definition) is 5. The molecule has 5 nitrogen and oxygen atoms in total. The summed E-state index contributed by atoms with van der Waals surface area (Å²) in [6.07, 6.45) is 5.00. The Labute approximate surface area is 106 Å². The van der Waals surface area contributed by atoms with Gasteiger partial charge in [-0.3, -0.25) is 0 Å². The molecule has 2 atom stereocenters. The first-order chi connectivity index (χ1) is 8.13. The minimum Gasteiger partial charge on any atom is -0.463 e. The Morgan fingerprint density at radius 1 is 1.35 bits per heavy atom. The zero-order valence-corrected chi connectivity index (χ0v) is 10.7. The van der Waals surface area contributed by atoms with Crippen LogP contribution in [0.15, 0.2) is 0 Å². The highest BCUT2D eigenvalue weighted by molar-refractivity contribution is 6.28. The van der Waals surface area contributed by atoms with E-state index < -0.39 is 0 Å². The van der Waals surface area contributed by atoms with Gasteiger partial charge in [-0.15, -0.1) is 0 Å². The summed E-state index contributed by atoms with van der Waals surface area (Å²) in [4.78, 5) is 11.4. The van der Waals surface area contributed by atoms with Crippen molar-refractivity contribution in [3.05, 3.63) is 5.28 Å². The van der Waals surface area contributed by atoms with Crippen LogP contribution >= 0.6 is 11.6 Å². The fourth-order valence-corrected chi connectivity index (χ4v) is 2.47. The number of halogens is 1. The van der Waals surface area contributed by atoms with Gasteiger partial charge in [0.15, 0.2) is 0 Å². The second kappa shape index (κ2) is 5.49. The minimum absolute atomic E-state index is 0.0736. The summed E-state index contributed by atoms with van der Waals surface area (Å²) in [6.45, 7) is 2.91. The number of ether oxygens (including phenoxy) is 1. The lowest BCUT2D eigenvalue weighted by atomic mass is 9.83. The summed E-state index contributed by atoms with van der Waals surface area (Å²) < 4.78 is 5.53.